The van der Waals surface area contributed by atoms with Gasteiger partial charge in [-0.3, -0.25) is 0 Å². The van der Waals surface area contributed by atoms with E-state index in [0.29, 0.717) is 26.1 Å². The second kappa shape index (κ2) is 18.9. The quantitative estimate of drug-likeness (QED) is 0.386. The van der Waals surface area contributed by atoms with Crippen LogP contribution in [-0.2, 0) is 23.7 Å². The molecular formula is C27H42O7. The van der Waals surface area contributed by atoms with E-state index in [1.807, 2.05) is 0 Å². The molecule has 0 aromatic carbocycles. The monoisotopic (exact) mass is 478 g/mol. The van der Waals surface area contributed by atoms with E-state index in [1.165, 1.54) is 12.8 Å². The SMILES string of the molecule is C=CCC[C@H](O)CC#CCOC1CCCCO1.OC1CC[C@@H](CC#CCOC2CCCCO2)O1. The lowest BCUT2D eigenvalue weighted by atomic mass is 10.1. The maximum Gasteiger partial charge on any atom is 0.158 e. The predicted octanol–water partition coefficient (Wildman–Crippen LogP) is 3.67. The average Bonchev–Trinajstić information content (AvgIpc) is 3.29. The smallest absolute Gasteiger partial charge is 0.158 e. The summed E-state index contributed by atoms with van der Waals surface area (Å²) >= 11 is 0. The van der Waals surface area contributed by atoms with Gasteiger partial charge in [-0.05, 0) is 57.8 Å². The van der Waals surface area contributed by atoms with Gasteiger partial charge in [0.15, 0.2) is 18.9 Å². The Balaban J connectivity index is 0.000000240. The van der Waals surface area contributed by atoms with E-state index in [9.17, 15) is 5.11 Å². The molecule has 5 atom stereocenters. The van der Waals surface area contributed by atoms with E-state index in [-0.39, 0.29) is 24.8 Å². The Morgan fingerprint density at radius 2 is 1.53 bits per heavy atom. The first-order valence-corrected chi connectivity index (χ1v) is 12.7. The summed E-state index contributed by atoms with van der Waals surface area (Å²) in [6.45, 7) is 6.00. The van der Waals surface area contributed by atoms with Crippen LogP contribution in [0.4, 0.5) is 0 Å². The number of ether oxygens (including phenoxy) is 5. The van der Waals surface area contributed by atoms with Gasteiger partial charge in [0.05, 0.1) is 12.2 Å². The highest BCUT2D eigenvalue weighted by atomic mass is 16.7. The number of allylic oxidation sites excluding steroid dienone is 1. The molecule has 3 saturated heterocycles. The molecule has 3 rings (SSSR count). The summed E-state index contributed by atoms with van der Waals surface area (Å²) in [6.07, 6.45) is 11.7. The third-order valence-corrected chi connectivity index (χ3v) is 5.67. The van der Waals surface area contributed by atoms with Gasteiger partial charge in [-0.2, -0.15) is 0 Å². The van der Waals surface area contributed by atoms with Crippen LogP contribution in [0.3, 0.4) is 0 Å². The molecule has 34 heavy (non-hydrogen) atoms. The molecule has 0 aromatic rings. The maximum atomic E-state index is 9.51. The first kappa shape index (κ1) is 28.8. The summed E-state index contributed by atoms with van der Waals surface area (Å²) in [6, 6.07) is 0. The van der Waals surface area contributed by atoms with Crippen LogP contribution in [0, 0.1) is 23.7 Å². The van der Waals surface area contributed by atoms with Crippen molar-refractivity contribution in [2.75, 3.05) is 26.4 Å². The molecule has 7 heteroatoms. The van der Waals surface area contributed by atoms with Crippen LogP contribution in [0.15, 0.2) is 12.7 Å². The normalized spacial score (nSPS) is 27.2. The molecule has 0 amide bonds. The molecule has 0 saturated carbocycles. The molecule has 0 radical (unpaired) electrons. The van der Waals surface area contributed by atoms with Gasteiger partial charge in [0.25, 0.3) is 0 Å². The van der Waals surface area contributed by atoms with Crippen molar-refractivity contribution in [2.45, 2.75) is 108 Å². The van der Waals surface area contributed by atoms with Crippen molar-refractivity contribution in [1.82, 2.24) is 0 Å². The van der Waals surface area contributed by atoms with E-state index >= 15 is 0 Å². The summed E-state index contributed by atoms with van der Waals surface area (Å²) < 4.78 is 27.0. The van der Waals surface area contributed by atoms with E-state index in [0.717, 1.165) is 64.6 Å². The number of rotatable bonds is 9. The Morgan fingerprint density at radius 1 is 0.882 bits per heavy atom. The van der Waals surface area contributed by atoms with Crippen molar-refractivity contribution in [3.8, 4) is 23.7 Å². The third-order valence-electron chi connectivity index (χ3n) is 5.67. The Kier molecular flexibility index (Phi) is 16.0. The van der Waals surface area contributed by atoms with Crippen LogP contribution in [-0.4, -0.2) is 67.7 Å². The zero-order valence-corrected chi connectivity index (χ0v) is 20.4. The molecule has 192 valence electrons. The third kappa shape index (κ3) is 14.1. The number of aliphatic hydroxyl groups excluding tert-OH is 2. The molecule has 0 spiro atoms. The average molecular weight is 479 g/mol. The molecule has 2 N–H and O–H groups in total. The predicted molar refractivity (Wildman–Crippen MR) is 129 cm³/mol. The molecule has 3 heterocycles. The summed E-state index contributed by atoms with van der Waals surface area (Å²) in [5.74, 6) is 11.8. The van der Waals surface area contributed by atoms with Crippen molar-refractivity contribution in [1.29, 1.82) is 0 Å². The molecule has 3 aliphatic heterocycles. The fourth-order valence-electron chi connectivity index (χ4n) is 3.68. The van der Waals surface area contributed by atoms with Crippen molar-refractivity contribution in [3.05, 3.63) is 12.7 Å². The fourth-order valence-corrected chi connectivity index (χ4v) is 3.68. The zero-order chi connectivity index (χ0) is 24.3. The number of aliphatic hydroxyl groups is 2. The highest BCUT2D eigenvalue weighted by Gasteiger charge is 2.22. The van der Waals surface area contributed by atoms with Gasteiger partial charge in [0.1, 0.15) is 13.2 Å². The summed E-state index contributed by atoms with van der Waals surface area (Å²) in [5, 5.41) is 18.7. The number of hydrogen-bond donors (Lipinski definition) is 2. The molecule has 0 aromatic heterocycles. The minimum atomic E-state index is -0.589. The largest absolute Gasteiger partial charge is 0.392 e. The van der Waals surface area contributed by atoms with Crippen LogP contribution in [0.5, 0.6) is 0 Å². The van der Waals surface area contributed by atoms with Gasteiger partial charge in [0, 0.05) is 32.5 Å². The van der Waals surface area contributed by atoms with Crippen LogP contribution in [0.25, 0.3) is 0 Å². The van der Waals surface area contributed by atoms with Crippen LogP contribution < -0.4 is 0 Å². The van der Waals surface area contributed by atoms with E-state index in [4.69, 9.17) is 28.8 Å². The van der Waals surface area contributed by atoms with E-state index < -0.39 is 6.29 Å². The Labute approximate surface area is 205 Å². The topological polar surface area (TPSA) is 86.6 Å². The minimum Gasteiger partial charge on any atom is -0.392 e. The second-order valence-electron chi connectivity index (χ2n) is 8.64. The van der Waals surface area contributed by atoms with E-state index in [1.54, 1.807) is 6.08 Å². The van der Waals surface area contributed by atoms with Crippen molar-refractivity contribution < 1.29 is 33.9 Å². The van der Waals surface area contributed by atoms with Crippen LogP contribution >= 0.6 is 0 Å². The molecule has 3 unspecified atom stereocenters. The van der Waals surface area contributed by atoms with Gasteiger partial charge in [-0.25, -0.2) is 0 Å². The highest BCUT2D eigenvalue weighted by molar-refractivity contribution is 5.01. The molecule has 3 aliphatic rings. The first-order chi connectivity index (χ1) is 16.7. The van der Waals surface area contributed by atoms with Crippen LogP contribution in [0.1, 0.15) is 77.0 Å². The lowest BCUT2D eigenvalue weighted by molar-refractivity contribution is -0.154. The Morgan fingerprint density at radius 3 is 2.06 bits per heavy atom. The van der Waals surface area contributed by atoms with Gasteiger partial charge in [-0.1, -0.05) is 29.8 Å². The molecular weight excluding hydrogens is 436 g/mol. The molecule has 0 aliphatic carbocycles. The highest BCUT2D eigenvalue weighted by Crippen LogP contribution is 2.19. The molecule has 0 bridgehead atoms. The van der Waals surface area contributed by atoms with Gasteiger partial charge >= 0.3 is 0 Å². The van der Waals surface area contributed by atoms with Crippen molar-refractivity contribution in [3.63, 3.8) is 0 Å². The minimum absolute atomic E-state index is 0.0670. The molecule has 3 fully saturated rings. The maximum absolute atomic E-state index is 9.51. The summed E-state index contributed by atoms with van der Waals surface area (Å²) in [4.78, 5) is 0. The Hall–Kier alpha value is -1.42. The van der Waals surface area contributed by atoms with Crippen molar-refractivity contribution in [2.24, 2.45) is 0 Å². The second-order valence-corrected chi connectivity index (χ2v) is 8.64. The van der Waals surface area contributed by atoms with Gasteiger partial charge < -0.3 is 33.9 Å². The summed E-state index contributed by atoms with van der Waals surface area (Å²) in [7, 11) is 0. The number of hydrogen-bond acceptors (Lipinski definition) is 7. The van der Waals surface area contributed by atoms with Crippen LogP contribution in [0.2, 0.25) is 0 Å². The summed E-state index contributed by atoms with van der Waals surface area (Å²) in [5.41, 5.74) is 0. The molecule has 7 nitrogen and oxygen atoms in total. The van der Waals surface area contributed by atoms with Gasteiger partial charge in [0.2, 0.25) is 0 Å². The van der Waals surface area contributed by atoms with Crippen molar-refractivity contribution >= 4 is 0 Å². The van der Waals surface area contributed by atoms with E-state index in [2.05, 4.69) is 30.3 Å². The Bertz CT molecular complexity index is 647. The fraction of sp³-hybridized carbons (Fsp3) is 0.778. The zero-order valence-electron chi connectivity index (χ0n) is 20.4. The lowest BCUT2D eigenvalue weighted by Gasteiger charge is -2.21. The van der Waals surface area contributed by atoms with Gasteiger partial charge in [-0.15, -0.1) is 6.58 Å². The lowest BCUT2D eigenvalue weighted by Crippen LogP contribution is -2.22. The first-order valence-electron chi connectivity index (χ1n) is 12.7. The standard InChI is InChI=1S/C14H22O3.C13H20O4/c1-2-3-8-13(15)9-4-6-11-16-14-10-5-7-12-17-14;14-12-8-7-11(17-12)5-1-3-9-15-13-6-2-4-10-16-13/h2,13-15H,1,3,5,7-12H2;11-14H,2,4-10H2/t13-,14?;11-,12?,13?/m01/s1.